The largest absolute Gasteiger partial charge is 0.490 e. The monoisotopic (exact) mass is 382 g/mol. The van der Waals surface area contributed by atoms with Crippen LogP contribution >= 0.6 is 23.4 Å². The van der Waals surface area contributed by atoms with Gasteiger partial charge < -0.3 is 9.47 Å². The van der Waals surface area contributed by atoms with E-state index >= 15 is 0 Å². The number of amidine groups is 1. The van der Waals surface area contributed by atoms with Gasteiger partial charge in [0.15, 0.2) is 16.7 Å². The van der Waals surface area contributed by atoms with Crippen LogP contribution in [0.3, 0.4) is 0 Å². The molecule has 0 bridgehead atoms. The lowest BCUT2D eigenvalue weighted by atomic mass is 10.1. The number of aliphatic imine (C=N–C) groups is 1. The molecule has 0 aromatic heterocycles. The summed E-state index contributed by atoms with van der Waals surface area (Å²) in [6.45, 7) is 6.43. The van der Waals surface area contributed by atoms with Crippen LogP contribution in [0.5, 0.6) is 11.5 Å². The molecule has 1 aliphatic rings. The van der Waals surface area contributed by atoms with E-state index in [1.54, 1.807) is 26.2 Å². The molecular weight excluding hydrogens is 360 g/mol. The molecule has 0 aliphatic carbocycles. The number of rotatable bonds is 6. The number of halogens is 1. The van der Waals surface area contributed by atoms with Crippen molar-refractivity contribution in [2.45, 2.75) is 33.3 Å². The number of amides is 1. The fraction of sp³-hybridized carbons (Fsp3) is 0.444. The summed E-state index contributed by atoms with van der Waals surface area (Å²) >= 11 is 7.76. The highest BCUT2D eigenvalue weighted by Crippen LogP contribution is 2.39. The lowest BCUT2D eigenvalue weighted by Crippen LogP contribution is -2.23. The first-order valence-electron chi connectivity index (χ1n) is 8.18. The van der Waals surface area contributed by atoms with Gasteiger partial charge in [0.25, 0.3) is 5.91 Å². The van der Waals surface area contributed by atoms with Gasteiger partial charge in [0.2, 0.25) is 0 Å². The Balaban J connectivity index is 2.40. The van der Waals surface area contributed by atoms with E-state index in [4.69, 9.17) is 21.1 Å². The van der Waals surface area contributed by atoms with Crippen LogP contribution in [0.2, 0.25) is 5.02 Å². The first-order chi connectivity index (χ1) is 11.9. The third-order valence-electron chi connectivity index (χ3n) is 3.72. The van der Waals surface area contributed by atoms with Crippen molar-refractivity contribution in [3.63, 3.8) is 0 Å². The van der Waals surface area contributed by atoms with Gasteiger partial charge in [-0.2, -0.15) is 0 Å². The Morgan fingerprint density at radius 3 is 2.68 bits per heavy atom. The zero-order chi connectivity index (χ0) is 18.6. The first kappa shape index (κ1) is 19.7. The van der Waals surface area contributed by atoms with Gasteiger partial charge in [0, 0.05) is 14.1 Å². The maximum atomic E-state index is 12.3. The van der Waals surface area contributed by atoms with Crippen LogP contribution in [0.15, 0.2) is 22.0 Å². The van der Waals surface area contributed by atoms with Gasteiger partial charge in [-0.1, -0.05) is 18.5 Å². The molecule has 5 nitrogen and oxygen atoms in total. The zero-order valence-corrected chi connectivity index (χ0v) is 16.7. The third-order valence-corrected chi connectivity index (χ3v) is 5.15. The molecular formula is C18H23ClN2O3S. The Morgan fingerprint density at radius 2 is 2.12 bits per heavy atom. The average Bonchev–Trinajstić information content (AvgIpc) is 2.85. The Bertz CT molecular complexity index is 719. The molecule has 0 N–H and O–H groups in total. The SMILES string of the molecule is CCOc1cc(/C=C2/SC(=NC)N(C)C2=O)cc(Cl)c1O[C@@H](C)CC. The van der Waals surface area contributed by atoms with E-state index in [0.29, 0.717) is 33.2 Å². The van der Waals surface area contributed by atoms with Gasteiger partial charge in [0.05, 0.1) is 22.6 Å². The van der Waals surface area contributed by atoms with Crippen molar-refractivity contribution in [2.75, 3.05) is 20.7 Å². The molecule has 136 valence electrons. The van der Waals surface area contributed by atoms with Crippen LogP contribution in [0.1, 0.15) is 32.8 Å². The van der Waals surface area contributed by atoms with Crippen molar-refractivity contribution in [3.8, 4) is 11.5 Å². The van der Waals surface area contributed by atoms with Crippen molar-refractivity contribution in [2.24, 2.45) is 4.99 Å². The molecule has 1 aliphatic heterocycles. The van der Waals surface area contributed by atoms with Crippen LogP contribution in [-0.2, 0) is 4.79 Å². The number of likely N-dealkylation sites (N-methyl/N-ethyl adjacent to an activating group) is 1. The second-order valence-electron chi connectivity index (χ2n) is 5.58. The highest BCUT2D eigenvalue weighted by molar-refractivity contribution is 8.18. The van der Waals surface area contributed by atoms with Gasteiger partial charge in [-0.05, 0) is 55.8 Å². The Kier molecular flexibility index (Phi) is 6.79. The third kappa shape index (κ3) is 4.50. The summed E-state index contributed by atoms with van der Waals surface area (Å²) in [4.78, 5) is 18.5. The quantitative estimate of drug-likeness (QED) is 0.682. The van der Waals surface area contributed by atoms with E-state index in [9.17, 15) is 4.79 Å². The summed E-state index contributed by atoms with van der Waals surface area (Å²) < 4.78 is 11.6. The van der Waals surface area contributed by atoms with E-state index in [0.717, 1.165) is 12.0 Å². The summed E-state index contributed by atoms with van der Waals surface area (Å²) in [5, 5.41) is 1.13. The summed E-state index contributed by atoms with van der Waals surface area (Å²) in [5.41, 5.74) is 0.784. The number of carbonyl (C=O) groups excluding carboxylic acids is 1. The number of benzene rings is 1. The Labute approximate surface area is 158 Å². The van der Waals surface area contributed by atoms with Gasteiger partial charge >= 0.3 is 0 Å². The van der Waals surface area contributed by atoms with Crippen LogP contribution in [0.4, 0.5) is 0 Å². The topological polar surface area (TPSA) is 51.1 Å². The minimum absolute atomic E-state index is 0.0323. The Hall–Kier alpha value is -1.66. The van der Waals surface area contributed by atoms with Crippen LogP contribution < -0.4 is 9.47 Å². The molecule has 25 heavy (non-hydrogen) atoms. The lowest BCUT2D eigenvalue weighted by molar-refractivity contribution is -0.121. The minimum atomic E-state index is -0.0837. The van der Waals surface area contributed by atoms with E-state index in [2.05, 4.69) is 4.99 Å². The van der Waals surface area contributed by atoms with E-state index in [1.807, 2.05) is 26.8 Å². The summed E-state index contributed by atoms with van der Waals surface area (Å²) in [6.07, 6.45) is 2.69. The highest BCUT2D eigenvalue weighted by Gasteiger charge is 2.29. The predicted octanol–water partition coefficient (Wildman–Crippen LogP) is 4.45. The van der Waals surface area contributed by atoms with Crippen LogP contribution in [-0.4, -0.2) is 42.8 Å². The maximum absolute atomic E-state index is 12.3. The molecule has 1 amide bonds. The Morgan fingerprint density at radius 1 is 1.40 bits per heavy atom. The minimum Gasteiger partial charge on any atom is -0.490 e. The molecule has 1 saturated heterocycles. The van der Waals surface area contributed by atoms with Gasteiger partial charge in [0.1, 0.15) is 0 Å². The summed E-state index contributed by atoms with van der Waals surface area (Å²) in [5.74, 6) is 1.04. The molecule has 1 fully saturated rings. The molecule has 1 atom stereocenters. The van der Waals surface area contributed by atoms with Crippen LogP contribution in [0.25, 0.3) is 6.08 Å². The standard InChI is InChI=1S/C18H23ClN2O3S/c1-6-11(3)24-16-13(19)8-12(9-14(16)23-7-2)10-15-17(22)21(5)18(20-4)25-15/h8-11H,6-7H2,1-5H3/b15-10+,20-18?/t11-/m0/s1. The smallest absolute Gasteiger partial charge is 0.266 e. The average molecular weight is 383 g/mol. The normalized spacial score (nSPS) is 19.0. The van der Waals surface area contributed by atoms with Gasteiger partial charge in [-0.15, -0.1) is 0 Å². The highest BCUT2D eigenvalue weighted by atomic mass is 35.5. The van der Waals surface area contributed by atoms with Gasteiger partial charge in [-0.25, -0.2) is 0 Å². The fourth-order valence-corrected chi connectivity index (χ4v) is 3.42. The molecule has 1 aromatic carbocycles. The molecule has 7 heteroatoms. The second-order valence-corrected chi connectivity index (χ2v) is 7.00. The molecule has 0 unspecified atom stereocenters. The van der Waals surface area contributed by atoms with Crippen LogP contribution in [0, 0.1) is 0 Å². The molecule has 0 saturated carbocycles. The first-order valence-corrected chi connectivity index (χ1v) is 9.38. The van der Waals surface area contributed by atoms with Crippen molar-refractivity contribution < 1.29 is 14.3 Å². The molecule has 2 rings (SSSR count). The lowest BCUT2D eigenvalue weighted by Gasteiger charge is -2.18. The van der Waals surface area contributed by atoms with Gasteiger partial charge in [-0.3, -0.25) is 14.7 Å². The number of thioether (sulfide) groups is 1. The summed E-state index contributed by atoms with van der Waals surface area (Å²) in [7, 11) is 3.38. The molecule has 1 aromatic rings. The fourth-order valence-electron chi connectivity index (χ4n) is 2.23. The molecule has 0 spiro atoms. The molecule has 0 radical (unpaired) electrons. The van der Waals surface area contributed by atoms with Crippen molar-refractivity contribution >= 4 is 40.5 Å². The van der Waals surface area contributed by atoms with E-state index < -0.39 is 0 Å². The predicted molar refractivity (Wildman–Crippen MR) is 105 cm³/mol. The number of hydrogen-bond donors (Lipinski definition) is 0. The zero-order valence-electron chi connectivity index (χ0n) is 15.1. The number of nitrogens with zero attached hydrogens (tertiary/aromatic N) is 2. The summed E-state index contributed by atoms with van der Waals surface area (Å²) in [6, 6.07) is 3.62. The van der Waals surface area contributed by atoms with E-state index in [1.165, 1.54) is 16.7 Å². The second kappa shape index (κ2) is 8.63. The van der Waals surface area contributed by atoms with Crippen molar-refractivity contribution in [1.29, 1.82) is 0 Å². The number of hydrogen-bond acceptors (Lipinski definition) is 5. The number of carbonyl (C=O) groups is 1. The van der Waals surface area contributed by atoms with E-state index in [-0.39, 0.29) is 12.0 Å². The molecule has 1 heterocycles. The number of ether oxygens (including phenoxy) is 2. The van der Waals surface area contributed by atoms with Crippen molar-refractivity contribution in [3.05, 3.63) is 27.6 Å². The maximum Gasteiger partial charge on any atom is 0.266 e. The van der Waals surface area contributed by atoms with Crippen molar-refractivity contribution in [1.82, 2.24) is 4.90 Å².